The molecule has 71 heavy (non-hydrogen) atoms. The summed E-state index contributed by atoms with van der Waals surface area (Å²) < 4.78 is 48.6. The summed E-state index contributed by atoms with van der Waals surface area (Å²) in [7, 11) is 3.04. The van der Waals surface area contributed by atoms with Crippen LogP contribution in [0.1, 0.15) is 97.7 Å². The fraction of sp³-hybridized carbons (Fsp3) is 0.352. The van der Waals surface area contributed by atoms with Gasteiger partial charge in [0.25, 0.3) is 8.53 Å². The minimum atomic E-state index is -1.74. The maximum absolute atomic E-state index is 12.2. The summed E-state index contributed by atoms with van der Waals surface area (Å²) in [6, 6.07) is 32.7. The first-order valence-corrected chi connectivity index (χ1v) is 24.4. The highest BCUT2D eigenvalue weighted by atomic mass is 31.2. The third-order valence-corrected chi connectivity index (χ3v) is 14.0. The third kappa shape index (κ3) is 11.8. The van der Waals surface area contributed by atoms with Crippen molar-refractivity contribution in [2.45, 2.75) is 90.0 Å². The van der Waals surface area contributed by atoms with E-state index in [1.807, 2.05) is 78.9 Å². The van der Waals surface area contributed by atoms with Gasteiger partial charge in [0.15, 0.2) is 11.9 Å². The topological polar surface area (TPSA) is 199 Å². The number of fused-ring (bicyclic) bond motifs is 1. The predicted molar refractivity (Wildman–Crippen MR) is 271 cm³/mol. The highest BCUT2D eigenvalue weighted by molar-refractivity contribution is 7.44. The van der Waals surface area contributed by atoms with Gasteiger partial charge in [-0.15, -0.1) is 0 Å². The Morgan fingerprint density at radius 3 is 2.13 bits per heavy atom. The van der Waals surface area contributed by atoms with Crippen molar-refractivity contribution in [2.75, 3.05) is 34.5 Å². The molecule has 0 spiro atoms. The average Bonchev–Trinajstić information content (AvgIpc) is 3.95. The number of carboxylic acids is 1. The second kappa shape index (κ2) is 23.8. The Bertz CT molecular complexity index is 2830. The number of aromatic carboxylic acids is 1. The Morgan fingerprint density at radius 2 is 1.55 bits per heavy atom. The molecular weight excluding hydrogens is 922 g/mol. The first-order chi connectivity index (χ1) is 34.3. The zero-order valence-electron chi connectivity index (χ0n) is 41.2. The van der Waals surface area contributed by atoms with Gasteiger partial charge in [-0.1, -0.05) is 60.5 Å². The molecule has 1 aliphatic rings. The SMILES string of the molecule is COc1ccc(C(OC[C@H]2O[C@@H](n3nc(C#CCc4cc(OC)ccc4C(=O)O)c4c(C=C(C)N)ncnc43)CC2OP(OCCC#N)N(C(C)C)C(C)C)(c2ccccc2)c2ccc(OC)cc2)cc1. The number of hydrogen-bond acceptors (Lipinski definition) is 14. The standard InChI is InChI=1S/C54H60N7O9P/c1-35(2)61(36(3)4)71(68-29-13-28-55)70-48-32-50(60-52-51(47(30-37(5)56)57-34-58-52)46(59-60)17-12-14-38-31-44(66-8)26-27-45(38)53(62)63)69-49(48)33-67-54(39-15-10-9-11-16-39,40-18-22-42(64-6)23-19-40)41-20-24-43(65-7)25-21-41/h9-11,15-16,18-27,30-31,34-36,48-50H,13-14,29,32-33,56H2,1-8H3,(H,62,63)/t48?,49-,50-,71?/m1/s1. The van der Waals surface area contributed by atoms with E-state index < -0.39 is 38.5 Å². The molecule has 1 saturated heterocycles. The summed E-state index contributed by atoms with van der Waals surface area (Å²) in [5.41, 5.74) is 9.96. The number of carbonyl (C=O) groups is 1. The molecule has 0 radical (unpaired) electrons. The van der Waals surface area contributed by atoms with Crippen LogP contribution in [0.3, 0.4) is 0 Å². The van der Waals surface area contributed by atoms with E-state index in [9.17, 15) is 15.2 Å². The number of aromatic nitrogens is 4. The van der Waals surface area contributed by atoms with Gasteiger partial charge >= 0.3 is 5.97 Å². The molecule has 2 aromatic heterocycles. The van der Waals surface area contributed by atoms with Gasteiger partial charge < -0.3 is 43.6 Å². The highest BCUT2D eigenvalue weighted by Crippen LogP contribution is 2.51. The second-order valence-corrected chi connectivity index (χ2v) is 18.7. The zero-order valence-corrected chi connectivity index (χ0v) is 42.1. The van der Waals surface area contributed by atoms with Crippen LogP contribution in [0.4, 0.5) is 0 Å². The maximum atomic E-state index is 12.2. The summed E-state index contributed by atoms with van der Waals surface area (Å²) >= 11 is 0. The molecule has 6 aromatic rings. The number of nitrogens with zero attached hydrogens (tertiary/aromatic N) is 6. The van der Waals surface area contributed by atoms with Crippen molar-refractivity contribution in [3.05, 3.63) is 148 Å². The lowest BCUT2D eigenvalue weighted by atomic mass is 9.80. The van der Waals surface area contributed by atoms with Crippen LogP contribution < -0.4 is 19.9 Å². The minimum absolute atomic E-state index is 0.0203. The number of carboxylic acid groups (broad SMARTS) is 1. The number of hydrogen-bond donors (Lipinski definition) is 2. The first-order valence-electron chi connectivity index (χ1n) is 23.3. The molecule has 2 unspecified atom stereocenters. The molecule has 0 saturated carbocycles. The van der Waals surface area contributed by atoms with Crippen molar-refractivity contribution in [3.63, 3.8) is 0 Å². The van der Waals surface area contributed by atoms with E-state index in [0.29, 0.717) is 50.9 Å². The zero-order chi connectivity index (χ0) is 50.7. The van der Waals surface area contributed by atoms with Crippen LogP contribution >= 0.6 is 8.53 Å². The molecule has 1 aliphatic heterocycles. The van der Waals surface area contributed by atoms with E-state index in [0.717, 1.165) is 16.7 Å². The smallest absolute Gasteiger partial charge is 0.336 e. The Labute approximate surface area is 416 Å². The summed E-state index contributed by atoms with van der Waals surface area (Å²) in [6.45, 7) is 10.3. The Kier molecular flexibility index (Phi) is 17.4. The van der Waals surface area contributed by atoms with E-state index in [2.05, 4.69) is 55.3 Å². The first kappa shape index (κ1) is 52.0. The number of benzene rings is 4. The lowest BCUT2D eigenvalue weighted by Gasteiger charge is -2.39. The van der Waals surface area contributed by atoms with E-state index >= 15 is 0 Å². The van der Waals surface area contributed by atoms with Gasteiger partial charge in [0.1, 0.15) is 41.0 Å². The summed E-state index contributed by atoms with van der Waals surface area (Å²) in [6.07, 6.45) is 1.57. The van der Waals surface area contributed by atoms with Crippen LogP contribution in [0.5, 0.6) is 17.2 Å². The highest BCUT2D eigenvalue weighted by Gasteiger charge is 2.45. The Hall–Kier alpha value is -6.88. The van der Waals surface area contributed by atoms with Gasteiger partial charge in [-0.25, -0.2) is 24.1 Å². The Morgan fingerprint density at radius 1 is 0.930 bits per heavy atom. The van der Waals surface area contributed by atoms with Crippen molar-refractivity contribution in [1.29, 1.82) is 5.26 Å². The van der Waals surface area contributed by atoms with Crippen molar-refractivity contribution in [2.24, 2.45) is 5.73 Å². The molecule has 3 N–H and O–H groups in total. The number of allylic oxidation sites excluding steroid dienone is 1. The quantitative estimate of drug-likeness (QED) is 0.0299. The largest absolute Gasteiger partial charge is 0.497 e. The van der Waals surface area contributed by atoms with Crippen molar-refractivity contribution < 1.29 is 42.6 Å². The lowest BCUT2D eigenvalue weighted by molar-refractivity contribution is -0.0931. The van der Waals surface area contributed by atoms with Gasteiger partial charge in [0.05, 0.1) is 69.8 Å². The average molecular weight is 982 g/mol. The van der Waals surface area contributed by atoms with Crippen LogP contribution in [-0.2, 0) is 30.5 Å². The number of methoxy groups -OCH3 is 3. The summed E-state index contributed by atoms with van der Waals surface area (Å²) in [5.74, 6) is 7.14. The Balaban J connectivity index is 1.35. The molecule has 370 valence electrons. The van der Waals surface area contributed by atoms with Crippen LogP contribution in [0.2, 0.25) is 0 Å². The van der Waals surface area contributed by atoms with Gasteiger partial charge in [-0.05, 0) is 111 Å². The van der Waals surface area contributed by atoms with Gasteiger partial charge in [0, 0.05) is 30.6 Å². The number of nitrogens with two attached hydrogens (primary N) is 1. The van der Waals surface area contributed by atoms with Crippen molar-refractivity contribution >= 4 is 31.6 Å². The van der Waals surface area contributed by atoms with Crippen LogP contribution in [0.25, 0.3) is 17.1 Å². The van der Waals surface area contributed by atoms with Crippen LogP contribution in [0, 0.1) is 23.2 Å². The molecule has 16 nitrogen and oxygen atoms in total. The molecule has 0 aliphatic carbocycles. The fourth-order valence-electron chi connectivity index (χ4n) is 8.69. The summed E-state index contributed by atoms with van der Waals surface area (Å²) in [4.78, 5) is 21.5. The summed E-state index contributed by atoms with van der Waals surface area (Å²) in [5, 5.41) is 25.1. The molecule has 4 atom stereocenters. The van der Waals surface area contributed by atoms with E-state index in [-0.39, 0.29) is 50.1 Å². The van der Waals surface area contributed by atoms with E-state index in [1.165, 1.54) is 19.5 Å². The van der Waals surface area contributed by atoms with Gasteiger partial charge in [0.2, 0.25) is 0 Å². The molecule has 1 fully saturated rings. The van der Waals surface area contributed by atoms with E-state index in [1.54, 1.807) is 44.0 Å². The predicted octanol–water partition coefficient (Wildman–Crippen LogP) is 9.42. The van der Waals surface area contributed by atoms with Crippen LogP contribution in [0.15, 0.2) is 109 Å². The van der Waals surface area contributed by atoms with Crippen molar-refractivity contribution in [3.8, 4) is 35.2 Å². The normalized spacial score (nSPS) is 16.5. The molecule has 4 aromatic carbocycles. The number of nitriles is 1. The van der Waals surface area contributed by atoms with Gasteiger partial charge in [-0.2, -0.15) is 10.4 Å². The van der Waals surface area contributed by atoms with Crippen molar-refractivity contribution in [1.82, 2.24) is 24.4 Å². The molecule has 0 bridgehead atoms. The minimum Gasteiger partial charge on any atom is -0.497 e. The molecular formula is C54H60N7O9P. The lowest BCUT2D eigenvalue weighted by Crippen LogP contribution is -2.39. The maximum Gasteiger partial charge on any atom is 0.336 e. The van der Waals surface area contributed by atoms with Crippen LogP contribution in [-0.4, -0.2) is 94.3 Å². The molecule has 0 amide bonds. The van der Waals surface area contributed by atoms with E-state index in [4.69, 9.17) is 48.5 Å². The fourth-order valence-corrected chi connectivity index (χ4v) is 10.4. The monoisotopic (exact) mass is 981 g/mol. The third-order valence-electron chi connectivity index (χ3n) is 11.9. The molecule has 7 rings (SSSR count). The van der Waals surface area contributed by atoms with Gasteiger partial charge in [-0.3, -0.25) is 0 Å². The molecule has 3 heterocycles. The molecule has 17 heteroatoms. The number of ether oxygens (including phenoxy) is 5. The second-order valence-electron chi connectivity index (χ2n) is 17.3. The number of rotatable bonds is 21.